The second-order valence-electron chi connectivity index (χ2n) is 7.01. The van der Waals surface area contributed by atoms with Gasteiger partial charge >= 0.3 is 0 Å². The molecule has 1 heterocycles. The van der Waals surface area contributed by atoms with Crippen molar-refractivity contribution in [3.63, 3.8) is 0 Å². The molecule has 4 heteroatoms. The monoisotopic (exact) mass is 276 g/mol. The lowest BCUT2D eigenvalue weighted by Crippen LogP contribution is -2.48. The summed E-state index contributed by atoms with van der Waals surface area (Å²) in [6.45, 7) is 7.22. The molecule has 2 unspecified atom stereocenters. The first kappa shape index (κ1) is 13.7. The molecule has 0 fully saturated rings. The van der Waals surface area contributed by atoms with Crippen LogP contribution >= 0.6 is 0 Å². The van der Waals surface area contributed by atoms with E-state index < -0.39 is 0 Å². The third kappa shape index (κ3) is 1.74. The summed E-state index contributed by atoms with van der Waals surface area (Å²) in [5.41, 5.74) is 2.27. The zero-order valence-electron chi connectivity index (χ0n) is 12.6. The van der Waals surface area contributed by atoms with Crippen LogP contribution in [0.3, 0.4) is 0 Å². The summed E-state index contributed by atoms with van der Waals surface area (Å²) in [7, 11) is 0. The SMILES string of the molecule is CC1(C)C(O)=CCC2(C)c3nn(CCO)cc3CCC12. The normalized spacial score (nSPS) is 31.4. The highest BCUT2D eigenvalue weighted by Crippen LogP contribution is 2.55. The number of aliphatic hydroxyl groups is 2. The minimum Gasteiger partial charge on any atom is -0.512 e. The van der Waals surface area contributed by atoms with Gasteiger partial charge in [0.25, 0.3) is 0 Å². The molecule has 2 N–H and O–H groups in total. The second kappa shape index (κ2) is 4.35. The van der Waals surface area contributed by atoms with Crippen LogP contribution in [0.1, 0.15) is 44.9 Å². The number of aromatic nitrogens is 2. The Morgan fingerprint density at radius 3 is 2.85 bits per heavy atom. The molecule has 3 rings (SSSR count). The van der Waals surface area contributed by atoms with Crippen LogP contribution in [0.15, 0.2) is 18.0 Å². The number of fused-ring (bicyclic) bond motifs is 3. The number of allylic oxidation sites excluding steroid dienone is 2. The number of hydrogen-bond donors (Lipinski definition) is 2. The van der Waals surface area contributed by atoms with Gasteiger partial charge in [0.2, 0.25) is 0 Å². The van der Waals surface area contributed by atoms with Crippen LogP contribution in [0.4, 0.5) is 0 Å². The average Bonchev–Trinajstić information content (AvgIpc) is 2.79. The molecule has 2 aliphatic rings. The van der Waals surface area contributed by atoms with Gasteiger partial charge in [-0.3, -0.25) is 4.68 Å². The molecule has 1 aromatic heterocycles. The van der Waals surface area contributed by atoms with E-state index in [1.165, 1.54) is 11.3 Å². The van der Waals surface area contributed by atoms with Crippen LogP contribution in [-0.4, -0.2) is 26.6 Å². The van der Waals surface area contributed by atoms with E-state index in [4.69, 9.17) is 10.2 Å². The van der Waals surface area contributed by atoms with Crippen molar-refractivity contribution in [1.29, 1.82) is 0 Å². The zero-order valence-corrected chi connectivity index (χ0v) is 12.6. The first-order chi connectivity index (χ1) is 9.39. The maximum atomic E-state index is 10.2. The first-order valence-electron chi connectivity index (χ1n) is 7.47. The van der Waals surface area contributed by atoms with Crippen LogP contribution in [-0.2, 0) is 18.4 Å². The Bertz CT molecular complexity index is 559. The van der Waals surface area contributed by atoms with Gasteiger partial charge in [-0.15, -0.1) is 0 Å². The molecule has 110 valence electrons. The van der Waals surface area contributed by atoms with Crippen molar-refractivity contribution in [3.05, 3.63) is 29.3 Å². The lowest BCUT2D eigenvalue weighted by molar-refractivity contribution is 0.0668. The topological polar surface area (TPSA) is 58.3 Å². The summed E-state index contributed by atoms with van der Waals surface area (Å²) in [6, 6.07) is 0. The largest absolute Gasteiger partial charge is 0.512 e. The number of aryl methyl sites for hydroxylation is 1. The summed E-state index contributed by atoms with van der Waals surface area (Å²) < 4.78 is 1.86. The van der Waals surface area contributed by atoms with Crippen molar-refractivity contribution in [2.24, 2.45) is 11.3 Å². The van der Waals surface area contributed by atoms with Crippen molar-refractivity contribution >= 4 is 0 Å². The summed E-state index contributed by atoms with van der Waals surface area (Å²) in [5, 5.41) is 24.1. The summed E-state index contributed by atoms with van der Waals surface area (Å²) in [4.78, 5) is 0. The van der Waals surface area contributed by atoms with E-state index in [-0.39, 0.29) is 17.4 Å². The molecule has 1 aromatic rings. The summed E-state index contributed by atoms with van der Waals surface area (Å²) in [6.07, 6.45) is 6.99. The van der Waals surface area contributed by atoms with Crippen LogP contribution in [0.25, 0.3) is 0 Å². The van der Waals surface area contributed by atoms with E-state index in [2.05, 4.69) is 27.0 Å². The van der Waals surface area contributed by atoms with Crippen molar-refractivity contribution < 1.29 is 10.2 Å². The highest BCUT2D eigenvalue weighted by Gasteiger charge is 2.52. The average molecular weight is 276 g/mol. The molecule has 2 aliphatic carbocycles. The molecule has 0 aromatic carbocycles. The number of hydrogen-bond acceptors (Lipinski definition) is 3. The van der Waals surface area contributed by atoms with E-state index in [1.54, 1.807) is 0 Å². The highest BCUT2D eigenvalue weighted by molar-refractivity contribution is 5.35. The third-order valence-electron chi connectivity index (χ3n) is 5.43. The molecule has 0 spiro atoms. The maximum Gasteiger partial charge on any atom is 0.0942 e. The fourth-order valence-corrected chi connectivity index (χ4v) is 4.27. The Morgan fingerprint density at radius 2 is 2.15 bits per heavy atom. The van der Waals surface area contributed by atoms with Crippen LogP contribution in [0, 0.1) is 11.3 Å². The minimum absolute atomic E-state index is 0.00990. The van der Waals surface area contributed by atoms with E-state index in [9.17, 15) is 5.11 Å². The lowest BCUT2D eigenvalue weighted by Gasteiger charge is -2.50. The Morgan fingerprint density at radius 1 is 1.40 bits per heavy atom. The Balaban J connectivity index is 2.07. The molecule has 0 aliphatic heterocycles. The fraction of sp³-hybridized carbons (Fsp3) is 0.688. The van der Waals surface area contributed by atoms with E-state index >= 15 is 0 Å². The van der Waals surface area contributed by atoms with Gasteiger partial charge in [0.15, 0.2) is 0 Å². The van der Waals surface area contributed by atoms with Gasteiger partial charge in [-0.2, -0.15) is 5.10 Å². The van der Waals surface area contributed by atoms with Crippen LogP contribution in [0.2, 0.25) is 0 Å². The molecular formula is C16H24N2O2. The molecule has 0 saturated carbocycles. The lowest BCUT2D eigenvalue weighted by atomic mass is 9.53. The predicted octanol–water partition coefficient (Wildman–Crippen LogP) is 2.57. The molecular weight excluding hydrogens is 252 g/mol. The van der Waals surface area contributed by atoms with Crippen molar-refractivity contribution in [3.8, 4) is 0 Å². The fourth-order valence-electron chi connectivity index (χ4n) is 4.27. The molecule has 2 atom stereocenters. The molecule has 0 saturated heterocycles. The molecule has 20 heavy (non-hydrogen) atoms. The van der Waals surface area contributed by atoms with E-state index in [0.29, 0.717) is 18.2 Å². The zero-order chi connectivity index (χ0) is 14.5. The third-order valence-corrected chi connectivity index (χ3v) is 5.43. The molecule has 0 amide bonds. The van der Waals surface area contributed by atoms with Crippen molar-refractivity contribution in [2.75, 3.05) is 6.61 Å². The van der Waals surface area contributed by atoms with E-state index in [1.807, 2.05) is 10.8 Å². The predicted molar refractivity (Wildman–Crippen MR) is 77.6 cm³/mol. The standard InChI is InChI=1S/C16H24N2O2/c1-15(2)12-5-4-11-10-18(8-9-19)17-14(11)16(12,3)7-6-13(15)20/h6,10,12,19-20H,4-5,7-9H2,1-3H3. The maximum absolute atomic E-state index is 10.2. The van der Waals surface area contributed by atoms with E-state index in [0.717, 1.165) is 19.3 Å². The Kier molecular flexibility index (Phi) is 2.98. The molecule has 4 nitrogen and oxygen atoms in total. The highest BCUT2D eigenvalue weighted by atomic mass is 16.3. The Labute approximate surface area is 120 Å². The van der Waals surface area contributed by atoms with Gasteiger partial charge in [-0.25, -0.2) is 0 Å². The van der Waals surface area contributed by atoms with Gasteiger partial charge in [-0.05, 0) is 36.8 Å². The molecule has 0 bridgehead atoms. The smallest absolute Gasteiger partial charge is 0.0942 e. The van der Waals surface area contributed by atoms with Gasteiger partial charge in [-0.1, -0.05) is 20.8 Å². The quantitative estimate of drug-likeness (QED) is 0.873. The van der Waals surface area contributed by atoms with Gasteiger partial charge in [0.1, 0.15) is 0 Å². The van der Waals surface area contributed by atoms with Crippen LogP contribution in [0.5, 0.6) is 0 Å². The summed E-state index contributed by atoms with van der Waals surface area (Å²) >= 11 is 0. The van der Waals surface area contributed by atoms with Gasteiger partial charge in [0.05, 0.1) is 24.6 Å². The number of rotatable bonds is 2. The van der Waals surface area contributed by atoms with Crippen molar-refractivity contribution in [2.45, 2.75) is 52.0 Å². The first-order valence-corrected chi connectivity index (χ1v) is 7.47. The van der Waals surface area contributed by atoms with Crippen molar-refractivity contribution in [1.82, 2.24) is 9.78 Å². The number of aliphatic hydroxyl groups excluding tert-OH is 2. The summed E-state index contributed by atoms with van der Waals surface area (Å²) in [5.74, 6) is 0.934. The van der Waals surface area contributed by atoms with Crippen LogP contribution < -0.4 is 0 Å². The minimum atomic E-state index is -0.189. The van der Waals surface area contributed by atoms with Gasteiger partial charge < -0.3 is 10.2 Å². The van der Waals surface area contributed by atoms with Gasteiger partial charge in [0, 0.05) is 17.0 Å². The molecule has 0 radical (unpaired) electrons. The number of nitrogens with zero attached hydrogens (tertiary/aromatic N) is 2. The Hall–Kier alpha value is -1.29. The second-order valence-corrected chi connectivity index (χ2v) is 7.01.